The van der Waals surface area contributed by atoms with Crippen molar-refractivity contribution >= 4 is 28.6 Å². The Morgan fingerprint density at radius 2 is 1.80 bits per heavy atom. The summed E-state index contributed by atoms with van der Waals surface area (Å²) in [6, 6.07) is 2.88. The molecule has 1 aromatic heterocycles. The van der Waals surface area contributed by atoms with Gasteiger partial charge in [0.15, 0.2) is 11.4 Å². The first-order valence-electron chi connectivity index (χ1n) is 7.87. The summed E-state index contributed by atoms with van der Waals surface area (Å²) >= 11 is 0. The van der Waals surface area contributed by atoms with Gasteiger partial charge in [0.1, 0.15) is 12.1 Å². The van der Waals surface area contributed by atoms with Crippen molar-refractivity contribution in [3.63, 3.8) is 0 Å². The van der Waals surface area contributed by atoms with Crippen molar-refractivity contribution in [2.45, 2.75) is 39.5 Å². The summed E-state index contributed by atoms with van der Waals surface area (Å²) in [4.78, 5) is 35.0. The van der Waals surface area contributed by atoms with Gasteiger partial charge in [-0.05, 0) is 30.0 Å². The molecule has 132 valence electrons. The highest BCUT2D eigenvalue weighted by Crippen LogP contribution is 2.30. The highest BCUT2D eigenvalue weighted by molar-refractivity contribution is 5.93. The minimum absolute atomic E-state index is 0.0252. The van der Waals surface area contributed by atoms with Crippen LogP contribution in [0.25, 0.3) is 11.0 Å². The molecule has 2 aromatic rings. The molecule has 8 heteroatoms. The van der Waals surface area contributed by atoms with Gasteiger partial charge in [-0.25, -0.2) is 9.18 Å². The van der Waals surface area contributed by atoms with Gasteiger partial charge in [-0.3, -0.25) is 9.59 Å². The summed E-state index contributed by atoms with van der Waals surface area (Å²) in [6.07, 6.45) is -0.936. The maximum absolute atomic E-state index is 14.1. The molecule has 1 aromatic carbocycles. The standard InChI is InChI=1S/C17H16FNO6/c1-3-8-5-6-10(18)15-13(8)9(4-2)14(16(22)25-15)19-17-23-11(20)7-12(21)24-17/h5-6,17,19H,3-4,7H2,1-2H3. The Labute approximate surface area is 141 Å². The molecule has 0 saturated carbocycles. The van der Waals surface area contributed by atoms with Crippen LogP contribution in [-0.2, 0) is 31.9 Å². The third-order valence-corrected chi connectivity index (χ3v) is 3.96. The van der Waals surface area contributed by atoms with Crippen molar-refractivity contribution in [1.29, 1.82) is 0 Å². The number of ether oxygens (including phenoxy) is 2. The molecule has 0 spiro atoms. The third-order valence-electron chi connectivity index (χ3n) is 3.96. The van der Waals surface area contributed by atoms with E-state index in [0.29, 0.717) is 23.8 Å². The zero-order valence-corrected chi connectivity index (χ0v) is 13.7. The average molecular weight is 349 g/mol. The Bertz CT molecular complexity index is 903. The molecule has 0 unspecified atom stereocenters. The lowest BCUT2D eigenvalue weighted by atomic mass is 9.99. The molecule has 25 heavy (non-hydrogen) atoms. The van der Waals surface area contributed by atoms with E-state index in [1.54, 1.807) is 13.0 Å². The molecule has 0 radical (unpaired) electrons. The number of esters is 2. The molecule has 3 rings (SSSR count). The molecule has 1 N–H and O–H groups in total. The number of cyclic esters (lactones) is 2. The largest absolute Gasteiger partial charge is 0.418 e. The molecular weight excluding hydrogens is 333 g/mol. The Morgan fingerprint density at radius 3 is 2.40 bits per heavy atom. The number of carbonyl (C=O) groups excluding carboxylic acids is 2. The average Bonchev–Trinajstić information content (AvgIpc) is 2.56. The van der Waals surface area contributed by atoms with Crippen LogP contribution in [-0.4, -0.2) is 18.4 Å². The van der Waals surface area contributed by atoms with E-state index in [9.17, 15) is 18.8 Å². The van der Waals surface area contributed by atoms with E-state index in [-0.39, 0.29) is 11.3 Å². The minimum atomic E-state index is -1.43. The summed E-state index contributed by atoms with van der Waals surface area (Å²) in [5.41, 5.74) is 0.319. The van der Waals surface area contributed by atoms with E-state index in [4.69, 9.17) is 13.9 Å². The highest BCUT2D eigenvalue weighted by atomic mass is 19.1. The van der Waals surface area contributed by atoms with Crippen LogP contribution in [0.4, 0.5) is 10.1 Å². The Kier molecular flexibility index (Phi) is 4.43. The number of carbonyl (C=O) groups is 2. The van der Waals surface area contributed by atoms with Gasteiger partial charge in [0, 0.05) is 5.39 Å². The van der Waals surface area contributed by atoms with Gasteiger partial charge in [-0.1, -0.05) is 19.9 Å². The lowest BCUT2D eigenvalue weighted by Gasteiger charge is -2.24. The van der Waals surface area contributed by atoms with Crippen molar-refractivity contribution in [1.82, 2.24) is 0 Å². The fourth-order valence-electron chi connectivity index (χ4n) is 2.86. The number of benzene rings is 1. The van der Waals surface area contributed by atoms with Gasteiger partial charge in [0.05, 0.1) is 0 Å². The first-order valence-corrected chi connectivity index (χ1v) is 7.87. The van der Waals surface area contributed by atoms with Crippen molar-refractivity contribution in [2.75, 3.05) is 5.32 Å². The van der Waals surface area contributed by atoms with E-state index in [0.717, 1.165) is 5.56 Å². The smallest absolute Gasteiger partial charge is 0.360 e. The fraction of sp³-hybridized carbons (Fsp3) is 0.353. The normalized spacial score (nSPS) is 15.2. The molecule has 1 saturated heterocycles. The van der Waals surface area contributed by atoms with E-state index in [2.05, 4.69) is 5.32 Å². The van der Waals surface area contributed by atoms with E-state index in [1.165, 1.54) is 6.07 Å². The molecule has 0 aliphatic carbocycles. The minimum Gasteiger partial charge on any atom is -0.418 e. The number of rotatable bonds is 4. The zero-order valence-electron chi connectivity index (χ0n) is 13.7. The number of aryl methyl sites for hydroxylation is 2. The SMILES string of the molecule is CCc1ccc(F)c2oc(=O)c(NC3OC(=O)CC(=O)O3)c(CC)c12. The number of anilines is 1. The van der Waals surface area contributed by atoms with Crippen LogP contribution in [0.1, 0.15) is 31.4 Å². The molecule has 0 amide bonds. The summed E-state index contributed by atoms with van der Waals surface area (Å²) in [5, 5.41) is 3.06. The first-order chi connectivity index (χ1) is 11.9. The van der Waals surface area contributed by atoms with Crippen molar-refractivity contribution in [3.05, 3.63) is 39.5 Å². The molecule has 1 aliphatic rings. The summed E-state index contributed by atoms with van der Waals surface area (Å²) in [7, 11) is 0. The number of nitrogens with one attached hydrogen (secondary N) is 1. The van der Waals surface area contributed by atoms with Gasteiger partial charge < -0.3 is 19.2 Å². The third kappa shape index (κ3) is 3.07. The molecule has 1 aliphatic heterocycles. The van der Waals surface area contributed by atoms with Crippen LogP contribution in [0.15, 0.2) is 21.3 Å². The lowest BCUT2D eigenvalue weighted by molar-refractivity contribution is -0.197. The Balaban J connectivity index is 2.15. The van der Waals surface area contributed by atoms with Crippen LogP contribution in [0.2, 0.25) is 0 Å². The number of hydrogen-bond acceptors (Lipinski definition) is 7. The van der Waals surface area contributed by atoms with Crippen LogP contribution >= 0.6 is 0 Å². The molecule has 0 bridgehead atoms. The molecule has 2 heterocycles. The quantitative estimate of drug-likeness (QED) is 0.514. The van der Waals surface area contributed by atoms with Gasteiger partial charge in [0.2, 0.25) is 0 Å². The van der Waals surface area contributed by atoms with Gasteiger partial charge in [0.25, 0.3) is 0 Å². The molecule has 0 atom stereocenters. The van der Waals surface area contributed by atoms with Crippen molar-refractivity contribution in [2.24, 2.45) is 0 Å². The fourth-order valence-corrected chi connectivity index (χ4v) is 2.86. The number of fused-ring (bicyclic) bond motifs is 1. The van der Waals surface area contributed by atoms with Gasteiger partial charge in [-0.15, -0.1) is 0 Å². The molecular formula is C17H16FNO6. The van der Waals surface area contributed by atoms with E-state index in [1.807, 2.05) is 6.92 Å². The van der Waals surface area contributed by atoms with Gasteiger partial charge in [-0.2, -0.15) is 0 Å². The number of hydrogen-bond donors (Lipinski definition) is 1. The topological polar surface area (TPSA) is 94.8 Å². The van der Waals surface area contributed by atoms with Gasteiger partial charge >= 0.3 is 24.0 Å². The maximum Gasteiger partial charge on any atom is 0.360 e. The second-order valence-electron chi connectivity index (χ2n) is 5.49. The zero-order chi connectivity index (χ0) is 18.1. The predicted molar refractivity (Wildman–Crippen MR) is 85.4 cm³/mol. The Hall–Kier alpha value is -2.90. The predicted octanol–water partition coefficient (Wildman–Crippen LogP) is 2.24. The first kappa shape index (κ1) is 16.9. The Morgan fingerprint density at radius 1 is 1.12 bits per heavy atom. The summed E-state index contributed by atoms with van der Waals surface area (Å²) in [5.74, 6) is -2.17. The molecule has 1 fully saturated rings. The van der Waals surface area contributed by atoms with Crippen molar-refractivity contribution < 1.29 is 27.9 Å². The highest BCUT2D eigenvalue weighted by Gasteiger charge is 2.30. The summed E-state index contributed by atoms with van der Waals surface area (Å²) < 4.78 is 28.9. The van der Waals surface area contributed by atoms with Crippen LogP contribution < -0.4 is 10.9 Å². The van der Waals surface area contributed by atoms with E-state index >= 15 is 0 Å². The maximum atomic E-state index is 14.1. The monoisotopic (exact) mass is 349 g/mol. The van der Waals surface area contributed by atoms with E-state index < -0.39 is 36.2 Å². The molecule has 7 nitrogen and oxygen atoms in total. The summed E-state index contributed by atoms with van der Waals surface area (Å²) in [6.45, 7) is 3.69. The van der Waals surface area contributed by atoms with Crippen LogP contribution in [0.3, 0.4) is 0 Å². The second-order valence-corrected chi connectivity index (χ2v) is 5.49. The lowest BCUT2D eigenvalue weighted by Crippen LogP contribution is -2.39. The second kappa shape index (κ2) is 6.54. The van der Waals surface area contributed by atoms with Crippen LogP contribution in [0, 0.1) is 5.82 Å². The van der Waals surface area contributed by atoms with Crippen LogP contribution in [0.5, 0.6) is 0 Å². The van der Waals surface area contributed by atoms with Crippen molar-refractivity contribution in [3.8, 4) is 0 Å². The number of halogens is 1.